The maximum atomic E-state index is 12.6. The van der Waals surface area contributed by atoms with E-state index in [0.29, 0.717) is 19.4 Å². The number of amides is 1. The fourth-order valence-electron chi connectivity index (χ4n) is 2.81. The van der Waals surface area contributed by atoms with Crippen molar-refractivity contribution in [1.29, 1.82) is 0 Å². The van der Waals surface area contributed by atoms with E-state index >= 15 is 0 Å². The van der Waals surface area contributed by atoms with Gasteiger partial charge in [-0.1, -0.05) is 12.1 Å². The minimum absolute atomic E-state index is 0.0289. The van der Waals surface area contributed by atoms with E-state index in [9.17, 15) is 22.8 Å². The van der Waals surface area contributed by atoms with E-state index in [2.05, 4.69) is 0 Å². The first-order valence-corrected chi connectivity index (χ1v) is 8.29. The maximum absolute atomic E-state index is 12.6. The normalized spacial score (nSPS) is 18.5. The summed E-state index contributed by atoms with van der Waals surface area (Å²) in [5.74, 6) is -0.789. The number of hydrogen-bond donors (Lipinski definition) is 0. The van der Waals surface area contributed by atoms with E-state index in [-0.39, 0.29) is 36.5 Å². The highest BCUT2D eigenvalue weighted by Gasteiger charge is 2.32. The van der Waals surface area contributed by atoms with Crippen molar-refractivity contribution in [3.63, 3.8) is 0 Å². The Morgan fingerprint density at radius 3 is 2.44 bits per heavy atom. The van der Waals surface area contributed by atoms with E-state index < -0.39 is 17.7 Å². The van der Waals surface area contributed by atoms with Crippen molar-refractivity contribution in [3.8, 4) is 0 Å². The molecule has 1 aliphatic heterocycles. The van der Waals surface area contributed by atoms with Crippen molar-refractivity contribution in [2.45, 2.75) is 39.0 Å². The van der Waals surface area contributed by atoms with Crippen molar-refractivity contribution in [1.82, 2.24) is 4.90 Å². The topological polar surface area (TPSA) is 46.6 Å². The first-order valence-electron chi connectivity index (χ1n) is 8.29. The minimum atomic E-state index is -4.42. The second-order valence-corrected chi connectivity index (χ2v) is 6.48. The van der Waals surface area contributed by atoms with Gasteiger partial charge in [-0.25, -0.2) is 0 Å². The Kier molecular flexibility index (Phi) is 6.21. The lowest BCUT2D eigenvalue weighted by atomic mass is 9.89. The zero-order valence-corrected chi connectivity index (χ0v) is 14.3. The molecule has 0 radical (unpaired) electrons. The molecule has 0 N–H and O–H groups in total. The number of carbonyl (C=O) groups excluding carboxylic acids is 2. The Morgan fingerprint density at radius 1 is 1.24 bits per heavy atom. The monoisotopic (exact) mass is 357 g/mol. The Hall–Kier alpha value is -1.89. The number of ether oxygens (including phenoxy) is 1. The van der Waals surface area contributed by atoms with Gasteiger partial charge in [-0.3, -0.25) is 9.59 Å². The number of rotatable bonds is 5. The number of alkyl halides is 3. The largest absolute Gasteiger partial charge is 0.416 e. The smallest absolute Gasteiger partial charge is 0.369 e. The molecular weight excluding hydrogens is 335 g/mol. The summed E-state index contributed by atoms with van der Waals surface area (Å²) in [6.07, 6.45) is -3.18. The van der Waals surface area contributed by atoms with E-state index in [1.54, 1.807) is 4.90 Å². The van der Waals surface area contributed by atoms with Crippen LogP contribution < -0.4 is 0 Å². The fourth-order valence-corrected chi connectivity index (χ4v) is 2.81. The number of likely N-dealkylation sites (tertiary alicyclic amines) is 1. The zero-order chi connectivity index (χ0) is 18.6. The summed E-state index contributed by atoms with van der Waals surface area (Å²) >= 11 is 0. The first kappa shape index (κ1) is 19.4. The molecule has 0 saturated carbocycles. The number of carbonyl (C=O) groups is 2. The molecule has 1 atom stereocenters. The van der Waals surface area contributed by atoms with Crippen LogP contribution in [-0.4, -0.2) is 42.4 Å². The van der Waals surface area contributed by atoms with Gasteiger partial charge < -0.3 is 9.64 Å². The summed E-state index contributed by atoms with van der Waals surface area (Å²) in [6.45, 7) is 4.48. The molecule has 0 spiro atoms. The van der Waals surface area contributed by atoms with Crippen LogP contribution in [0.4, 0.5) is 13.2 Å². The van der Waals surface area contributed by atoms with E-state index in [1.165, 1.54) is 12.1 Å². The lowest BCUT2D eigenvalue weighted by Crippen LogP contribution is -2.44. The predicted octanol–water partition coefficient (Wildman–Crippen LogP) is 3.55. The Labute approximate surface area is 144 Å². The van der Waals surface area contributed by atoms with Gasteiger partial charge in [-0.05, 0) is 38.8 Å². The Morgan fingerprint density at radius 2 is 1.88 bits per heavy atom. The molecule has 1 heterocycles. The third kappa shape index (κ3) is 5.29. The quantitative estimate of drug-likeness (QED) is 0.757. The highest BCUT2D eigenvalue weighted by Crippen LogP contribution is 2.30. The standard InChI is InChI=1S/C18H22F3NO3/c1-12(2)25-11-16(23)22-9-3-4-14(10-22)17(24)13-5-7-15(8-6-13)18(19,20)21/h5-8,12,14H,3-4,9-11H2,1-2H3/t14-/m0/s1. The molecule has 4 nitrogen and oxygen atoms in total. The fraction of sp³-hybridized carbons (Fsp3) is 0.556. The van der Waals surface area contributed by atoms with Crippen LogP contribution in [0.15, 0.2) is 24.3 Å². The van der Waals surface area contributed by atoms with Crippen LogP contribution in [0, 0.1) is 5.92 Å². The number of benzene rings is 1. The zero-order valence-electron chi connectivity index (χ0n) is 14.3. The molecular formula is C18H22F3NO3. The van der Waals surface area contributed by atoms with Crippen LogP contribution in [-0.2, 0) is 15.7 Å². The Balaban J connectivity index is 2.00. The molecule has 1 aromatic carbocycles. The third-order valence-electron chi connectivity index (χ3n) is 4.18. The average molecular weight is 357 g/mol. The van der Waals surface area contributed by atoms with Gasteiger partial charge in [-0.2, -0.15) is 13.2 Å². The molecule has 1 amide bonds. The van der Waals surface area contributed by atoms with Crippen LogP contribution in [0.5, 0.6) is 0 Å². The molecule has 1 saturated heterocycles. The van der Waals surface area contributed by atoms with Crippen molar-refractivity contribution < 1.29 is 27.5 Å². The molecule has 0 aromatic heterocycles. The molecule has 0 unspecified atom stereocenters. The summed E-state index contributed by atoms with van der Waals surface area (Å²) in [7, 11) is 0. The van der Waals surface area contributed by atoms with Gasteiger partial charge in [0.05, 0.1) is 11.7 Å². The molecule has 7 heteroatoms. The lowest BCUT2D eigenvalue weighted by Gasteiger charge is -2.32. The van der Waals surface area contributed by atoms with Crippen LogP contribution in [0.2, 0.25) is 0 Å². The highest BCUT2D eigenvalue weighted by molar-refractivity contribution is 5.98. The average Bonchev–Trinajstić information content (AvgIpc) is 2.58. The molecule has 1 aliphatic rings. The molecule has 25 heavy (non-hydrogen) atoms. The summed E-state index contributed by atoms with van der Waals surface area (Å²) < 4.78 is 43.1. The number of ketones is 1. The van der Waals surface area contributed by atoms with Crippen LogP contribution in [0.1, 0.15) is 42.6 Å². The van der Waals surface area contributed by atoms with Crippen LogP contribution >= 0.6 is 0 Å². The van der Waals surface area contributed by atoms with Crippen molar-refractivity contribution in [3.05, 3.63) is 35.4 Å². The van der Waals surface area contributed by atoms with Gasteiger partial charge in [-0.15, -0.1) is 0 Å². The van der Waals surface area contributed by atoms with Crippen LogP contribution in [0.3, 0.4) is 0 Å². The van der Waals surface area contributed by atoms with Crippen molar-refractivity contribution in [2.24, 2.45) is 5.92 Å². The van der Waals surface area contributed by atoms with E-state index in [4.69, 9.17) is 4.74 Å². The Bertz CT molecular complexity index is 611. The summed E-state index contributed by atoms with van der Waals surface area (Å²) in [5, 5.41) is 0. The highest BCUT2D eigenvalue weighted by atomic mass is 19.4. The van der Waals surface area contributed by atoms with Gasteiger partial charge in [0.25, 0.3) is 0 Å². The second kappa shape index (κ2) is 7.99. The van der Waals surface area contributed by atoms with Crippen LogP contribution in [0.25, 0.3) is 0 Å². The summed E-state index contributed by atoms with van der Waals surface area (Å²) in [4.78, 5) is 26.3. The minimum Gasteiger partial charge on any atom is -0.369 e. The van der Waals surface area contributed by atoms with E-state index in [1.807, 2.05) is 13.8 Å². The van der Waals surface area contributed by atoms with Crippen molar-refractivity contribution >= 4 is 11.7 Å². The predicted molar refractivity (Wildman–Crippen MR) is 86.2 cm³/mol. The molecule has 138 valence electrons. The number of hydrogen-bond acceptors (Lipinski definition) is 3. The second-order valence-electron chi connectivity index (χ2n) is 6.48. The summed E-state index contributed by atoms with van der Waals surface area (Å²) in [6, 6.07) is 4.23. The van der Waals surface area contributed by atoms with Gasteiger partial charge >= 0.3 is 6.18 Å². The molecule has 0 aliphatic carbocycles. The third-order valence-corrected chi connectivity index (χ3v) is 4.18. The SMILES string of the molecule is CC(C)OCC(=O)N1CCC[C@H](C(=O)c2ccc(C(F)(F)F)cc2)C1. The number of nitrogens with zero attached hydrogens (tertiary/aromatic N) is 1. The van der Waals surface area contributed by atoms with Gasteiger partial charge in [0, 0.05) is 24.6 Å². The number of piperidine rings is 1. The number of halogens is 3. The lowest BCUT2D eigenvalue weighted by molar-refractivity contribution is -0.139. The van der Waals surface area contributed by atoms with Crippen molar-refractivity contribution in [2.75, 3.05) is 19.7 Å². The number of Topliss-reactive ketones (excluding diaryl/α,β-unsaturated/α-hetero) is 1. The molecule has 2 rings (SSSR count). The van der Waals surface area contributed by atoms with Gasteiger partial charge in [0.1, 0.15) is 6.61 Å². The van der Waals surface area contributed by atoms with Gasteiger partial charge in [0.15, 0.2) is 5.78 Å². The van der Waals surface area contributed by atoms with E-state index in [0.717, 1.165) is 12.1 Å². The van der Waals surface area contributed by atoms with Gasteiger partial charge in [0.2, 0.25) is 5.91 Å². The molecule has 1 aromatic rings. The molecule has 1 fully saturated rings. The molecule has 0 bridgehead atoms. The summed E-state index contributed by atoms with van der Waals surface area (Å²) in [5.41, 5.74) is -0.541. The first-order chi connectivity index (χ1) is 11.7. The maximum Gasteiger partial charge on any atom is 0.416 e.